The fourth-order valence-corrected chi connectivity index (χ4v) is 4.68. The second kappa shape index (κ2) is 2.31. The van der Waals surface area contributed by atoms with E-state index in [4.69, 9.17) is 4.74 Å². The molecule has 0 aliphatic carbocycles. The summed E-state index contributed by atoms with van der Waals surface area (Å²) in [5.74, 6) is 0.687. The zero-order valence-electron chi connectivity index (χ0n) is 6.66. The highest BCUT2D eigenvalue weighted by molar-refractivity contribution is 7.34. The van der Waals surface area contributed by atoms with Gasteiger partial charge < -0.3 is 4.74 Å². The second-order valence-electron chi connectivity index (χ2n) is 2.94. The first-order valence-corrected chi connectivity index (χ1v) is 7.07. The molecule has 62 valence electrons. The molecule has 2 nitrogen and oxygen atoms in total. The lowest BCUT2D eigenvalue weighted by Crippen LogP contribution is -2.52. The minimum Gasteiger partial charge on any atom is -0.429 e. The summed E-state index contributed by atoms with van der Waals surface area (Å²) < 4.78 is 6.24. The molecule has 1 atom stereocenters. The third kappa shape index (κ3) is 0.819. The number of hydrogen-bond acceptors (Lipinski definition) is 3. The molecular formula is C8H8O2SSi. The summed E-state index contributed by atoms with van der Waals surface area (Å²) in [6.45, 7) is 5.66. The predicted octanol–water partition coefficient (Wildman–Crippen LogP) is 1.85. The number of fused-ring (bicyclic) bond motifs is 2. The largest absolute Gasteiger partial charge is 0.429 e. The molecule has 1 aliphatic rings. The minimum absolute atomic E-state index is 0.0914. The van der Waals surface area contributed by atoms with Crippen molar-refractivity contribution in [2.45, 2.75) is 6.55 Å². The monoisotopic (exact) mass is 196 g/mol. The van der Waals surface area contributed by atoms with E-state index >= 15 is 0 Å². The van der Waals surface area contributed by atoms with Gasteiger partial charge in [0.1, 0.15) is 5.75 Å². The van der Waals surface area contributed by atoms with Gasteiger partial charge in [0.25, 0.3) is 5.59 Å². The fourth-order valence-electron chi connectivity index (χ4n) is 1.14. The quantitative estimate of drug-likeness (QED) is 0.641. The standard InChI is InChI=1S/C8H8O2SSi/c1-3-12(2)7-4-6(5-11-7)10-8(12)9/h3-5H,1H2,2H3. The molecule has 12 heavy (non-hydrogen) atoms. The molecule has 2 bridgehead atoms. The summed E-state index contributed by atoms with van der Waals surface area (Å²) in [5, 5.41) is 1.87. The topological polar surface area (TPSA) is 26.3 Å². The van der Waals surface area contributed by atoms with Gasteiger partial charge in [0.2, 0.25) is 8.07 Å². The van der Waals surface area contributed by atoms with E-state index in [1.165, 1.54) is 0 Å². The molecule has 1 unspecified atom stereocenters. The van der Waals surface area contributed by atoms with Crippen molar-refractivity contribution in [1.29, 1.82) is 0 Å². The molecule has 0 fully saturated rings. The predicted molar refractivity (Wildman–Crippen MR) is 51.8 cm³/mol. The van der Waals surface area contributed by atoms with Gasteiger partial charge >= 0.3 is 0 Å². The number of rotatable bonds is 1. The maximum atomic E-state index is 11.5. The first-order valence-electron chi connectivity index (χ1n) is 3.62. The zero-order valence-corrected chi connectivity index (χ0v) is 8.48. The van der Waals surface area contributed by atoms with E-state index in [0.29, 0.717) is 5.75 Å². The molecule has 0 N–H and O–H groups in total. The van der Waals surface area contributed by atoms with Crippen molar-refractivity contribution >= 4 is 29.5 Å². The molecule has 2 rings (SSSR count). The average molecular weight is 196 g/mol. The number of thiophene rings is 1. The van der Waals surface area contributed by atoms with Crippen LogP contribution in [-0.2, 0) is 0 Å². The number of hydrogen-bond donors (Lipinski definition) is 0. The molecular weight excluding hydrogens is 188 g/mol. The van der Waals surface area contributed by atoms with Gasteiger partial charge in [-0.05, 0) is 6.07 Å². The fraction of sp³-hybridized carbons (Fsp3) is 0.125. The molecule has 4 heteroatoms. The van der Waals surface area contributed by atoms with Gasteiger partial charge in [-0.1, -0.05) is 12.2 Å². The summed E-state index contributed by atoms with van der Waals surface area (Å²) in [4.78, 5) is 11.5. The van der Waals surface area contributed by atoms with Crippen molar-refractivity contribution in [3.63, 3.8) is 0 Å². The maximum absolute atomic E-state index is 11.5. The Hall–Kier alpha value is -0.873. The Morgan fingerprint density at radius 2 is 2.50 bits per heavy atom. The van der Waals surface area contributed by atoms with E-state index in [2.05, 4.69) is 6.58 Å². The van der Waals surface area contributed by atoms with Gasteiger partial charge in [-0.25, -0.2) is 0 Å². The number of carbonyl (C=O) groups is 1. The van der Waals surface area contributed by atoms with Crippen molar-refractivity contribution in [3.05, 3.63) is 23.7 Å². The van der Waals surface area contributed by atoms with Gasteiger partial charge in [0.15, 0.2) is 0 Å². The van der Waals surface area contributed by atoms with Crippen LogP contribution in [-0.4, -0.2) is 13.7 Å². The van der Waals surface area contributed by atoms with E-state index in [1.54, 1.807) is 17.0 Å². The van der Waals surface area contributed by atoms with Crippen LogP contribution >= 0.6 is 11.3 Å². The second-order valence-corrected chi connectivity index (χ2v) is 7.98. The summed E-state index contributed by atoms with van der Waals surface area (Å²) in [5.41, 5.74) is 1.68. The van der Waals surface area contributed by atoms with Crippen LogP contribution in [0.2, 0.25) is 6.55 Å². The summed E-state index contributed by atoms with van der Waals surface area (Å²) >= 11 is 1.59. The van der Waals surface area contributed by atoms with Crippen LogP contribution in [0.4, 0.5) is 4.79 Å². The van der Waals surface area contributed by atoms with Crippen molar-refractivity contribution in [3.8, 4) is 5.75 Å². The average Bonchev–Trinajstić information content (AvgIpc) is 2.47. The first kappa shape index (κ1) is 7.76. The molecule has 0 saturated carbocycles. The first-order chi connectivity index (χ1) is 5.66. The third-order valence-electron chi connectivity index (χ3n) is 2.13. The molecule has 1 aliphatic heterocycles. The van der Waals surface area contributed by atoms with E-state index < -0.39 is 8.07 Å². The number of carbonyl (C=O) groups excluding carboxylic acids is 1. The normalized spacial score (nSPS) is 26.6. The zero-order chi connectivity index (χ0) is 8.77. The molecule has 1 aromatic rings. The summed E-state index contributed by atoms with van der Waals surface area (Å²) in [6.07, 6.45) is 0. The van der Waals surface area contributed by atoms with Gasteiger partial charge in [0.05, 0.1) is 0 Å². The maximum Gasteiger partial charge on any atom is 0.287 e. The minimum atomic E-state index is -2.13. The van der Waals surface area contributed by atoms with Crippen molar-refractivity contribution in [1.82, 2.24) is 0 Å². The Labute approximate surface area is 75.5 Å². The van der Waals surface area contributed by atoms with Crippen LogP contribution in [0, 0.1) is 0 Å². The van der Waals surface area contributed by atoms with E-state index in [1.807, 2.05) is 18.0 Å². The Kier molecular flexibility index (Phi) is 1.49. The van der Waals surface area contributed by atoms with Gasteiger partial charge in [-0.3, -0.25) is 4.79 Å². The van der Waals surface area contributed by atoms with Crippen molar-refractivity contribution < 1.29 is 9.53 Å². The highest BCUT2D eigenvalue weighted by atomic mass is 32.1. The molecule has 1 aromatic heterocycles. The highest BCUT2D eigenvalue weighted by Gasteiger charge is 2.42. The van der Waals surface area contributed by atoms with E-state index in [-0.39, 0.29) is 5.59 Å². The molecule has 0 radical (unpaired) electrons. The molecule has 0 aromatic carbocycles. The van der Waals surface area contributed by atoms with Gasteiger partial charge in [0, 0.05) is 9.88 Å². The smallest absolute Gasteiger partial charge is 0.287 e. The molecule has 2 heterocycles. The summed E-state index contributed by atoms with van der Waals surface area (Å²) in [7, 11) is -2.13. The van der Waals surface area contributed by atoms with Crippen LogP contribution < -0.4 is 9.24 Å². The Balaban J connectivity index is 2.62. The van der Waals surface area contributed by atoms with Crippen LogP contribution in [0.3, 0.4) is 0 Å². The van der Waals surface area contributed by atoms with Crippen molar-refractivity contribution in [2.75, 3.05) is 0 Å². The van der Waals surface area contributed by atoms with E-state index in [0.717, 1.165) is 4.50 Å². The highest BCUT2D eigenvalue weighted by Crippen LogP contribution is 2.25. The Bertz CT molecular complexity index is 358. The van der Waals surface area contributed by atoms with Crippen molar-refractivity contribution in [2.24, 2.45) is 0 Å². The lowest BCUT2D eigenvalue weighted by Gasteiger charge is -2.21. The van der Waals surface area contributed by atoms with Crippen LogP contribution in [0.15, 0.2) is 23.7 Å². The van der Waals surface area contributed by atoms with Crippen LogP contribution in [0.1, 0.15) is 0 Å². The van der Waals surface area contributed by atoms with Gasteiger partial charge in [-0.15, -0.1) is 17.9 Å². The third-order valence-corrected chi connectivity index (χ3v) is 7.41. The Morgan fingerprint density at radius 3 is 3.17 bits per heavy atom. The molecule has 0 amide bonds. The molecule has 0 saturated heterocycles. The molecule has 0 spiro atoms. The van der Waals surface area contributed by atoms with E-state index in [9.17, 15) is 4.79 Å². The lowest BCUT2D eigenvalue weighted by molar-refractivity contribution is 0.223. The number of ether oxygens (including phenoxy) is 1. The van der Waals surface area contributed by atoms with Crippen LogP contribution in [0.25, 0.3) is 0 Å². The summed E-state index contributed by atoms with van der Waals surface area (Å²) in [6, 6.07) is 1.94. The SMILES string of the molecule is C=C[Si]1(C)C(=O)Oc2csc1c2. The Morgan fingerprint density at radius 1 is 1.75 bits per heavy atom. The van der Waals surface area contributed by atoms with Crippen LogP contribution in [0.5, 0.6) is 5.75 Å². The van der Waals surface area contributed by atoms with Gasteiger partial charge in [-0.2, -0.15) is 0 Å². The lowest BCUT2D eigenvalue weighted by atomic mass is 10.6.